The van der Waals surface area contributed by atoms with Crippen molar-refractivity contribution in [1.82, 2.24) is 40.8 Å². The molecule has 5 fully saturated rings. The number of benzene rings is 2. The van der Waals surface area contributed by atoms with Crippen LogP contribution in [0.2, 0.25) is 0 Å². The number of nitriles is 1. The highest BCUT2D eigenvalue weighted by molar-refractivity contribution is 7.61. The number of nitrogen functional groups attached to an aromatic ring is 1. The number of phosphoric ester groups is 2. The maximum Gasteiger partial charge on any atom is 0.484 e. The molecular formula is C58H74N12O17P2. The fourth-order valence-electron chi connectivity index (χ4n) is 12.0. The average Bonchev–Trinajstić information content (AvgIpc) is 1.74. The van der Waals surface area contributed by atoms with Crippen LogP contribution in [0.1, 0.15) is 94.6 Å². The number of hydrogen-bond acceptors (Lipinski definition) is 23. The van der Waals surface area contributed by atoms with Gasteiger partial charge in [-0.25, -0.2) is 23.4 Å². The molecule has 1 saturated carbocycles. The number of fused-ring (bicyclic) bond motifs is 2. The number of nitrogens with one attached hydrogen (secondary N) is 2. The minimum absolute atomic E-state index is 0.0111. The molecule has 5 aliphatic rings. The van der Waals surface area contributed by atoms with E-state index in [-0.39, 0.29) is 91.1 Å². The predicted octanol–water partition coefficient (Wildman–Crippen LogP) is 5.74. The van der Waals surface area contributed by atoms with Crippen molar-refractivity contribution in [2.75, 3.05) is 81.4 Å². The first-order valence-corrected chi connectivity index (χ1v) is 32.6. The number of β-amino-alcohol motifs (C(OH)–C–C–N with tert-alkyl or cyclic N) is 1. The second kappa shape index (κ2) is 28.6. The zero-order chi connectivity index (χ0) is 63.0. The SMILES string of the molecule is CC(C)C(C(=O)N1C[C@H](O)C[C@H]1C(=O)N[C@@H](C)c1ccc(C#N)cc1)c1cc(OCCN2CCC(OC3CC(Oc4cc(N5C6CCC5CN(c5cc(-c7ccccc7OCOP(=O)(O)OP(=O)(O)OCCNC(=O)O)nnc5N)C6)ccn4)C3)CC2)no1. The van der Waals surface area contributed by atoms with Gasteiger partial charge in [0, 0.05) is 107 Å². The minimum atomic E-state index is -5.20. The van der Waals surface area contributed by atoms with Crippen molar-refractivity contribution in [2.24, 2.45) is 5.92 Å². The van der Waals surface area contributed by atoms with Gasteiger partial charge >= 0.3 is 21.7 Å². The van der Waals surface area contributed by atoms with E-state index >= 15 is 0 Å². The maximum absolute atomic E-state index is 14.2. The Bertz CT molecular complexity index is 3410. The lowest BCUT2D eigenvalue weighted by molar-refractivity contribution is -0.141. The van der Waals surface area contributed by atoms with Crippen LogP contribution in [0.3, 0.4) is 0 Å². The number of carboxylic acid groups (broad SMARTS) is 1. The molecule has 29 nitrogen and oxygen atoms in total. The van der Waals surface area contributed by atoms with Crippen LogP contribution in [0.5, 0.6) is 17.5 Å². The monoisotopic (exact) mass is 1270 g/mol. The van der Waals surface area contributed by atoms with Gasteiger partial charge in [-0.15, -0.1) is 10.2 Å². The van der Waals surface area contributed by atoms with Crippen molar-refractivity contribution >= 4 is 50.7 Å². The van der Waals surface area contributed by atoms with E-state index in [4.69, 9.17) is 44.1 Å². The van der Waals surface area contributed by atoms with Crippen molar-refractivity contribution < 1.29 is 80.3 Å². The number of anilines is 3. The summed E-state index contributed by atoms with van der Waals surface area (Å²) in [5.74, 6) is -0.145. The van der Waals surface area contributed by atoms with E-state index in [0.29, 0.717) is 60.4 Å². The number of phosphoric acid groups is 2. The topological polar surface area (TPSA) is 382 Å². The normalized spacial score (nSPS) is 23.1. The number of pyridine rings is 1. The van der Waals surface area contributed by atoms with E-state index in [2.05, 4.69) is 55.3 Å². The number of aliphatic hydroxyl groups excluding tert-OH is 1. The average molecular weight is 1270 g/mol. The van der Waals surface area contributed by atoms with Crippen LogP contribution in [0.25, 0.3) is 11.3 Å². The summed E-state index contributed by atoms with van der Waals surface area (Å²) < 4.78 is 68.5. The minimum Gasteiger partial charge on any atom is -0.474 e. The Kier molecular flexibility index (Phi) is 20.7. The molecule has 10 rings (SSSR count). The summed E-state index contributed by atoms with van der Waals surface area (Å²) in [5.41, 5.74) is 10.3. The van der Waals surface area contributed by atoms with Gasteiger partial charge in [-0.1, -0.05) is 38.1 Å². The molecule has 89 heavy (non-hydrogen) atoms. The molecule has 31 heteroatoms. The van der Waals surface area contributed by atoms with Gasteiger partial charge in [-0.2, -0.15) is 9.57 Å². The number of amides is 3. The second-order valence-electron chi connectivity index (χ2n) is 23.0. The Morgan fingerprint density at radius 3 is 2.30 bits per heavy atom. The molecule has 2 aromatic carbocycles. The largest absolute Gasteiger partial charge is 0.484 e. The number of hydrogen-bond donors (Lipinski definition) is 7. The fraction of sp³-hybridized carbons (Fsp3) is 0.517. The van der Waals surface area contributed by atoms with Crippen LogP contribution in [0.4, 0.5) is 22.0 Å². The van der Waals surface area contributed by atoms with Crippen LogP contribution in [0, 0.1) is 17.2 Å². The molecular weight excluding hydrogens is 1200 g/mol. The standard InChI is InChI=1S/C58H74N12O17P2/c1-35(2)54(57(73)69-33-42(71)25-49(69)56(72)63-36(3)38-10-8-37(30-59)9-11-38)51-29-53(66-86-51)80-23-21-67-19-15-43(16-20-67)84-44-26-45(27-44)85-52-24-39(14-17-61-52)70-40-12-13-41(70)32-68(31-40)48-28-47(64-65-55(48)60)46-6-4-5-7-50(46)81-34-83-89(78,79)87-88(76,77)82-22-18-62-58(74)75/h4-11,14,17,24,28-29,35-36,40-45,49,54,62,71H,12-13,15-16,18-23,25-27,31-34H2,1-3H3,(H2,60,65)(H,63,72)(H,74,75)(H,76,77)(H,78,79)/t36-,40?,41?,42+,44?,45?,49-,54?/m0/s1. The molecule has 5 unspecified atom stereocenters. The first-order valence-electron chi connectivity index (χ1n) is 29.6. The number of aliphatic hydroxyl groups is 1. The van der Waals surface area contributed by atoms with E-state index in [1.807, 2.05) is 38.2 Å². The predicted molar refractivity (Wildman–Crippen MR) is 318 cm³/mol. The molecule has 8 N–H and O–H groups in total. The lowest BCUT2D eigenvalue weighted by atomic mass is 9.91. The highest BCUT2D eigenvalue weighted by Gasteiger charge is 2.45. The summed E-state index contributed by atoms with van der Waals surface area (Å²) in [7, 11) is -10.3. The van der Waals surface area contributed by atoms with Crippen molar-refractivity contribution in [3.63, 3.8) is 0 Å². The van der Waals surface area contributed by atoms with E-state index in [0.717, 1.165) is 62.9 Å². The Morgan fingerprint density at radius 1 is 0.854 bits per heavy atom. The molecule has 5 aromatic rings. The first-order chi connectivity index (χ1) is 42.7. The number of ether oxygens (including phenoxy) is 4. The highest BCUT2D eigenvalue weighted by atomic mass is 31.3. The summed E-state index contributed by atoms with van der Waals surface area (Å²) in [4.78, 5) is 71.1. The summed E-state index contributed by atoms with van der Waals surface area (Å²) in [6.45, 7) is 7.71. The molecule has 0 radical (unpaired) electrons. The number of nitrogens with zero attached hydrogens (tertiary/aromatic N) is 9. The molecule has 478 valence electrons. The summed E-state index contributed by atoms with van der Waals surface area (Å²) in [5, 5.41) is 46.0. The molecule has 8 atom stereocenters. The quantitative estimate of drug-likeness (QED) is 0.0187. The third-order valence-electron chi connectivity index (χ3n) is 16.5. The fourth-order valence-corrected chi connectivity index (χ4v) is 14.0. The molecule has 3 aromatic heterocycles. The van der Waals surface area contributed by atoms with Gasteiger partial charge in [0.25, 0.3) is 5.88 Å². The molecule has 4 saturated heterocycles. The summed E-state index contributed by atoms with van der Waals surface area (Å²) in [6.07, 6.45) is 5.00. The van der Waals surface area contributed by atoms with Crippen LogP contribution >= 0.6 is 15.6 Å². The van der Waals surface area contributed by atoms with Crippen LogP contribution in [0.15, 0.2) is 83.5 Å². The summed E-state index contributed by atoms with van der Waals surface area (Å²) in [6, 6.07) is 22.1. The number of piperazine rings is 1. The molecule has 3 amide bonds. The Labute approximate surface area is 513 Å². The Hall–Kier alpha value is -7.48. The van der Waals surface area contributed by atoms with Gasteiger partial charge in [0.2, 0.25) is 17.7 Å². The maximum atomic E-state index is 14.2. The zero-order valence-electron chi connectivity index (χ0n) is 49.4. The van der Waals surface area contributed by atoms with E-state index in [1.165, 1.54) is 4.90 Å². The number of carbonyl (C=O) groups is 3. The molecule has 4 aliphatic heterocycles. The second-order valence-corrected chi connectivity index (χ2v) is 26.1. The number of para-hydroxylation sites is 1. The number of likely N-dealkylation sites (tertiary alicyclic amines) is 2. The third kappa shape index (κ3) is 16.5. The van der Waals surface area contributed by atoms with E-state index in [9.17, 15) is 38.4 Å². The van der Waals surface area contributed by atoms with Gasteiger partial charge < -0.3 is 74.5 Å². The summed E-state index contributed by atoms with van der Waals surface area (Å²) >= 11 is 0. The Morgan fingerprint density at radius 2 is 1.58 bits per heavy atom. The van der Waals surface area contributed by atoms with Crippen molar-refractivity contribution in [2.45, 2.75) is 120 Å². The van der Waals surface area contributed by atoms with E-state index < -0.39 is 53.2 Å². The van der Waals surface area contributed by atoms with Crippen molar-refractivity contribution in [3.8, 4) is 34.8 Å². The van der Waals surface area contributed by atoms with Gasteiger partial charge in [-0.05, 0) is 85.6 Å². The lowest BCUT2D eigenvalue weighted by Crippen LogP contribution is -2.54. The number of rotatable bonds is 27. The lowest BCUT2D eigenvalue weighted by Gasteiger charge is -2.43. The molecule has 7 heterocycles. The van der Waals surface area contributed by atoms with Gasteiger partial charge in [0.05, 0.1) is 54.0 Å². The van der Waals surface area contributed by atoms with Gasteiger partial charge in [0.15, 0.2) is 18.4 Å². The smallest absolute Gasteiger partial charge is 0.474 e. The number of carbonyl (C=O) groups excluding carboxylic acids is 2. The molecule has 2 bridgehead atoms. The number of piperidine rings is 1. The zero-order valence-corrected chi connectivity index (χ0v) is 51.2. The van der Waals surface area contributed by atoms with Gasteiger partial charge in [0.1, 0.15) is 30.4 Å². The van der Waals surface area contributed by atoms with Crippen LogP contribution in [-0.4, -0.2) is 176 Å². The third-order valence-corrected chi connectivity index (χ3v) is 19.1. The first kappa shape index (κ1) is 64.5. The number of nitrogens with two attached hydrogens (primary N) is 1. The Balaban J connectivity index is 0.640. The van der Waals surface area contributed by atoms with Gasteiger partial charge in [-0.3, -0.25) is 19.0 Å². The van der Waals surface area contributed by atoms with Crippen LogP contribution in [-0.2, 0) is 36.8 Å². The van der Waals surface area contributed by atoms with Crippen molar-refractivity contribution in [1.29, 1.82) is 5.26 Å². The van der Waals surface area contributed by atoms with E-state index in [1.54, 1.807) is 66.9 Å². The van der Waals surface area contributed by atoms with Crippen molar-refractivity contribution in [3.05, 3.63) is 95.9 Å². The molecule has 1 aliphatic carbocycles. The molecule has 0 spiro atoms. The highest BCUT2D eigenvalue weighted by Crippen LogP contribution is 2.60. The number of aromatic nitrogens is 4. The van der Waals surface area contributed by atoms with Crippen LogP contribution < -0.4 is 40.4 Å².